The van der Waals surface area contributed by atoms with Crippen LogP contribution in [0.5, 0.6) is 0 Å². The van der Waals surface area contributed by atoms with Gasteiger partial charge in [0.2, 0.25) is 0 Å². The lowest BCUT2D eigenvalue weighted by Gasteiger charge is -2.35. The third-order valence-electron chi connectivity index (χ3n) is 5.40. The smallest absolute Gasteiger partial charge is 0.0614 e. The molecule has 2 N–H and O–H groups in total. The molecule has 1 aliphatic heterocycles. The summed E-state index contributed by atoms with van der Waals surface area (Å²) in [7, 11) is 0. The number of nitrogens with zero attached hydrogens (tertiary/aromatic N) is 1. The highest BCUT2D eigenvalue weighted by atomic mass is 16.3. The van der Waals surface area contributed by atoms with E-state index < -0.39 is 0 Å². The van der Waals surface area contributed by atoms with E-state index in [1.165, 1.54) is 32.2 Å². The van der Waals surface area contributed by atoms with Gasteiger partial charge in [-0.2, -0.15) is 0 Å². The van der Waals surface area contributed by atoms with Crippen molar-refractivity contribution >= 4 is 0 Å². The molecule has 2 bridgehead atoms. The van der Waals surface area contributed by atoms with Crippen LogP contribution >= 0.6 is 0 Å². The van der Waals surface area contributed by atoms with Gasteiger partial charge < -0.3 is 10.4 Å². The van der Waals surface area contributed by atoms with Crippen LogP contribution in [0.2, 0.25) is 0 Å². The van der Waals surface area contributed by atoms with Gasteiger partial charge in [0, 0.05) is 30.2 Å². The lowest BCUT2D eigenvalue weighted by molar-refractivity contribution is 0.119. The predicted molar refractivity (Wildman–Crippen MR) is 73.6 cm³/mol. The van der Waals surface area contributed by atoms with Crippen molar-refractivity contribution in [3.8, 4) is 0 Å². The molecule has 4 atom stereocenters. The molecule has 3 heteroatoms. The molecule has 0 spiro atoms. The zero-order valence-electron chi connectivity index (χ0n) is 11.9. The van der Waals surface area contributed by atoms with E-state index in [1.54, 1.807) is 0 Å². The number of likely N-dealkylation sites (tertiary alicyclic amines) is 1. The van der Waals surface area contributed by atoms with Crippen LogP contribution in [0.3, 0.4) is 0 Å². The maximum atomic E-state index is 9.78. The Kier molecular flexibility index (Phi) is 3.41. The fourth-order valence-corrected chi connectivity index (χ4v) is 4.72. The fourth-order valence-electron chi connectivity index (χ4n) is 4.72. The average Bonchev–Trinajstić information content (AvgIpc) is 3.01. The van der Waals surface area contributed by atoms with Gasteiger partial charge in [0.15, 0.2) is 0 Å². The van der Waals surface area contributed by atoms with Crippen molar-refractivity contribution in [2.45, 2.75) is 76.0 Å². The van der Waals surface area contributed by atoms with Crippen LogP contribution in [0.15, 0.2) is 0 Å². The first kappa shape index (κ1) is 12.9. The van der Waals surface area contributed by atoms with Crippen LogP contribution in [0.25, 0.3) is 0 Å². The largest absolute Gasteiger partial charge is 0.394 e. The Morgan fingerprint density at radius 2 is 2.11 bits per heavy atom. The Morgan fingerprint density at radius 1 is 1.28 bits per heavy atom. The number of rotatable bonds is 4. The summed E-state index contributed by atoms with van der Waals surface area (Å²) in [6.45, 7) is 5.99. The van der Waals surface area contributed by atoms with Crippen molar-refractivity contribution in [2.24, 2.45) is 5.92 Å². The molecule has 1 heterocycles. The molecule has 104 valence electrons. The van der Waals surface area contributed by atoms with E-state index in [9.17, 15) is 5.11 Å². The molecule has 2 aliphatic carbocycles. The van der Waals surface area contributed by atoms with Crippen molar-refractivity contribution in [2.75, 3.05) is 13.2 Å². The average molecular weight is 252 g/mol. The second kappa shape index (κ2) is 4.77. The van der Waals surface area contributed by atoms with Gasteiger partial charge in [-0.15, -0.1) is 0 Å². The van der Waals surface area contributed by atoms with Crippen molar-refractivity contribution in [3.05, 3.63) is 0 Å². The van der Waals surface area contributed by atoms with E-state index in [-0.39, 0.29) is 5.54 Å². The Hall–Kier alpha value is -0.120. The molecule has 3 rings (SSSR count). The second-order valence-electron chi connectivity index (χ2n) is 7.16. The fraction of sp³-hybridized carbons (Fsp3) is 1.00. The van der Waals surface area contributed by atoms with Gasteiger partial charge in [-0.25, -0.2) is 0 Å². The second-order valence-corrected chi connectivity index (χ2v) is 7.16. The number of aliphatic hydroxyl groups is 1. The first-order valence-electron chi connectivity index (χ1n) is 7.76. The minimum absolute atomic E-state index is 0.000662. The minimum Gasteiger partial charge on any atom is -0.394 e. The zero-order valence-corrected chi connectivity index (χ0v) is 11.9. The number of nitrogens with one attached hydrogen (secondary N) is 1. The van der Waals surface area contributed by atoms with E-state index in [2.05, 4.69) is 24.1 Å². The van der Waals surface area contributed by atoms with Gasteiger partial charge in [0.05, 0.1) is 6.61 Å². The molecule has 0 amide bonds. The molecular formula is C15H28N2O. The van der Waals surface area contributed by atoms with E-state index in [4.69, 9.17) is 0 Å². The minimum atomic E-state index is 0.000662. The highest BCUT2D eigenvalue weighted by Crippen LogP contribution is 2.43. The van der Waals surface area contributed by atoms with Crippen molar-refractivity contribution < 1.29 is 5.11 Å². The summed E-state index contributed by atoms with van der Waals surface area (Å²) in [5, 5.41) is 13.4. The summed E-state index contributed by atoms with van der Waals surface area (Å²) < 4.78 is 0. The highest BCUT2D eigenvalue weighted by Gasteiger charge is 2.47. The Bertz CT molecular complexity index is 307. The molecular weight excluding hydrogens is 224 g/mol. The molecule has 3 fully saturated rings. The lowest BCUT2D eigenvalue weighted by Crippen LogP contribution is -2.51. The number of hydrogen-bond acceptors (Lipinski definition) is 3. The molecule has 1 saturated heterocycles. The number of piperidine rings is 1. The van der Waals surface area contributed by atoms with Crippen molar-refractivity contribution in [3.63, 3.8) is 0 Å². The van der Waals surface area contributed by atoms with Gasteiger partial charge >= 0.3 is 0 Å². The number of fused-ring (bicyclic) bond motifs is 2. The first-order valence-corrected chi connectivity index (χ1v) is 7.76. The third-order valence-corrected chi connectivity index (χ3v) is 5.40. The zero-order chi connectivity index (χ0) is 12.8. The van der Waals surface area contributed by atoms with E-state index in [0.29, 0.717) is 12.6 Å². The molecule has 3 nitrogen and oxygen atoms in total. The highest BCUT2D eigenvalue weighted by molar-refractivity contribution is 5.04. The maximum Gasteiger partial charge on any atom is 0.0614 e. The first-order chi connectivity index (χ1) is 8.62. The number of aliphatic hydroxyl groups excluding tert-OH is 1. The third kappa shape index (κ3) is 2.21. The van der Waals surface area contributed by atoms with Crippen LogP contribution < -0.4 is 5.32 Å². The summed E-state index contributed by atoms with van der Waals surface area (Å²) in [6.07, 6.45) is 7.88. The molecule has 2 saturated carbocycles. The van der Waals surface area contributed by atoms with Crippen LogP contribution in [-0.2, 0) is 0 Å². The molecule has 0 aromatic heterocycles. The number of hydrogen-bond donors (Lipinski definition) is 2. The van der Waals surface area contributed by atoms with Crippen LogP contribution in [0.4, 0.5) is 0 Å². The van der Waals surface area contributed by atoms with Gasteiger partial charge in [0.25, 0.3) is 0 Å². The van der Waals surface area contributed by atoms with Gasteiger partial charge in [-0.3, -0.25) is 4.90 Å². The summed E-state index contributed by atoms with van der Waals surface area (Å²) in [5.74, 6) is 0.984. The molecule has 0 radical (unpaired) electrons. The van der Waals surface area contributed by atoms with Gasteiger partial charge in [-0.1, -0.05) is 13.8 Å². The van der Waals surface area contributed by atoms with Crippen LogP contribution in [0.1, 0.15) is 52.4 Å². The van der Waals surface area contributed by atoms with Gasteiger partial charge in [0.1, 0.15) is 0 Å². The monoisotopic (exact) mass is 252 g/mol. The van der Waals surface area contributed by atoms with Gasteiger partial charge in [-0.05, 0) is 44.4 Å². The quantitative estimate of drug-likeness (QED) is 0.800. The molecule has 0 aromatic carbocycles. The summed E-state index contributed by atoms with van der Waals surface area (Å²) in [4.78, 5) is 2.77. The standard InChI is InChI=1S/C15H28N2O/c1-11(2)16-15(10-18)6-5-14(8-15)17-9-12-3-4-13(17)7-12/h11-14,16,18H,3-10H2,1-2H3. The Labute approximate surface area is 111 Å². The molecule has 18 heavy (non-hydrogen) atoms. The summed E-state index contributed by atoms with van der Waals surface area (Å²) in [6, 6.07) is 2.05. The van der Waals surface area contributed by atoms with Crippen LogP contribution in [-0.4, -0.2) is 46.8 Å². The Balaban J connectivity index is 1.63. The predicted octanol–water partition coefficient (Wildman–Crippen LogP) is 1.75. The molecule has 0 aromatic rings. The van der Waals surface area contributed by atoms with Crippen molar-refractivity contribution in [1.82, 2.24) is 10.2 Å². The lowest BCUT2D eigenvalue weighted by atomic mass is 9.96. The van der Waals surface area contributed by atoms with E-state index in [1.807, 2.05) is 0 Å². The Morgan fingerprint density at radius 3 is 2.67 bits per heavy atom. The maximum absolute atomic E-state index is 9.78. The van der Waals surface area contributed by atoms with Crippen molar-refractivity contribution in [1.29, 1.82) is 0 Å². The van der Waals surface area contributed by atoms with E-state index in [0.717, 1.165) is 30.8 Å². The molecule has 4 unspecified atom stereocenters. The summed E-state index contributed by atoms with van der Waals surface area (Å²) >= 11 is 0. The molecule has 3 aliphatic rings. The topological polar surface area (TPSA) is 35.5 Å². The normalized spacial score (nSPS) is 44.3. The van der Waals surface area contributed by atoms with E-state index >= 15 is 0 Å². The SMILES string of the molecule is CC(C)NC1(CO)CCC(N2CC3CCC2C3)C1. The summed E-state index contributed by atoms with van der Waals surface area (Å²) in [5.41, 5.74) is 0.000662. The van der Waals surface area contributed by atoms with Crippen LogP contribution in [0, 0.1) is 5.92 Å².